The Labute approximate surface area is 151 Å². The SMILES string of the molecule is CC(OC(=O)c1cccnc1Oc1ccccc1)C(=O)N1CCOCC1. The van der Waals surface area contributed by atoms with Gasteiger partial charge in [0.25, 0.3) is 5.91 Å². The summed E-state index contributed by atoms with van der Waals surface area (Å²) in [6.45, 7) is 3.53. The van der Waals surface area contributed by atoms with Crippen LogP contribution >= 0.6 is 0 Å². The highest BCUT2D eigenvalue weighted by atomic mass is 16.6. The average molecular weight is 356 g/mol. The van der Waals surface area contributed by atoms with Gasteiger partial charge < -0.3 is 19.1 Å². The van der Waals surface area contributed by atoms with Crippen molar-refractivity contribution in [1.29, 1.82) is 0 Å². The van der Waals surface area contributed by atoms with Crippen molar-refractivity contribution in [3.8, 4) is 11.6 Å². The normalized spacial score (nSPS) is 15.2. The second kappa shape index (κ2) is 8.44. The number of aromatic nitrogens is 1. The Morgan fingerprint density at radius 2 is 1.85 bits per heavy atom. The summed E-state index contributed by atoms with van der Waals surface area (Å²) in [5, 5.41) is 0. The third-order valence-electron chi connectivity index (χ3n) is 3.90. The number of carbonyl (C=O) groups is 2. The van der Waals surface area contributed by atoms with Gasteiger partial charge in [0, 0.05) is 19.3 Å². The van der Waals surface area contributed by atoms with Crippen molar-refractivity contribution >= 4 is 11.9 Å². The quantitative estimate of drug-likeness (QED) is 0.765. The summed E-state index contributed by atoms with van der Waals surface area (Å²) in [6, 6.07) is 12.2. The summed E-state index contributed by atoms with van der Waals surface area (Å²) in [5.74, 6) is -0.207. The van der Waals surface area contributed by atoms with Gasteiger partial charge in [-0.25, -0.2) is 9.78 Å². The molecular formula is C19H20N2O5. The lowest BCUT2D eigenvalue weighted by molar-refractivity contribution is -0.143. The second-order valence-electron chi connectivity index (χ2n) is 5.76. The molecule has 1 amide bonds. The van der Waals surface area contributed by atoms with Gasteiger partial charge in [0.1, 0.15) is 11.3 Å². The van der Waals surface area contributed by atoms with Gasteiger partial charge in [0.2, 0.25) is 5.88 Å². The molecule has 1 aliphatic heterocycles. The number of amides is 1. The maximum Gasteiger partial charge on any atom is 0.344 e. The molecule has 0 bridgehead atoms. The van der Waals surface area contributed by atoms with E-state index in [0.717, 1.165) is 0 Å². The van der Waals surface area contributed by atoms with Gasteiger partial charge in [0.15, 0.2) is 6.10 Å². The van der Waals surface area contributed by atoms with Gasteiger partial charge in [-0.2, -0.15) is 0 Å². The first-order chi connectivity index (χ1) is 12.6. The van der Waals surface area contributed by atoms with Crippen LogP contribution in [-0.2, 0) is 14.3 Å². The van der Waals surface area contributed by atoms with E-state index >= 15 is 0 Å². The molecule has 0 saturated carbocycles. The summed E-state index contributed by atoms with van der Waals surface area (Å²) < 4.78 is 16.2. The number of morpholine rings is 1. The van der Waals surface area contributed by atoms with Crippen LogP contribution in [0.25, 0.3) is 0 Å². The molecule has 0 radical (unpaired) electrons. The maximum atomic E-state index is 12.5. The van der Waals surface area contributed by atoms with Crippen LogP contribution in [0.15, 0.2) is 48.7 Å². The summed E-state index contributed by atoms with van der Waals surface area (Å²) in [5.41, 5.74) is 0.165. The van der Waals surface area contributed by atoms with E-state index in [1.165, 1.54) is 6.20 Å². The Morgan fingerprint density at radius 1 is 1.12 bits per heavy atom. The minimum absolute atomic E-state index is 0.134. The van der Waals surface area contributed by atoms with Crippen LogP contribution in [0.5, 0.6) is 11.6 Å². The van der Waals surface area contributed by atoms with Crippen LogP contribution in [-0.4, -0.2) is 54.2 Å². The smallest absolute Gasteiger partial charge is 0.344 e. The number of hydrogen-bond donors (Lipinski definition) is 0. The molecule has 1 fully saturated rings. The number of rotatable bonds is 5. The standard InChI is InChI=1S/C19H20N2O5/c1-14(18(22)21-10-12-24-13-11-21)25-19(23)16-8-5-9-20-17(16)26-15-6-3-2-4-7-15/h2-9,14H,10-13H2,1H3. The molecule has 2 aromatic rings. The monoisotopic (exact) mass is 356 g/mol. The van der Waals surface area contributed by atoms with Gasteiger partial charge in [-0.05, 0) is 31.2 Å². The van der Waals surface area contributed by atoms with Gasteiger partial charge in [-0.3, -0.25) is 4.79 Å². The van der Waals surface area contributed by atoms with E-state index in [2.05, 4.69) is 4.98 Å². The number of pyridine rings is 1. The van der Waals surface area contributed by atoms with E-state index in [-0.39, 0.29) is 17.4 Å². The summed E-state index contributed by atoms with van der Waals surface area (Å²) in [7, 11) is 0. The minimum atomic E-state index is -0.898. The Bertz CT molecular complexity index is 760. The highest BCUT2D eigenvalue weighted by Gasteiger charge is 2.27. The van der Waals surface area contributed by atoms with Crippen LogP contribution in [0, 0.1) is 0 Å². The molecule has 136 valence electrons. The fourth-order valence-electron chi connectivity index (χ4n) is 2.54. The number of ether oxygens (including phenoxy) is 3. The van der Waals surface area contributed by atoms with Crippen molar-refractivity contribution in [2.45, 2.75) is 13.0 Å². The summed E-state index contributed by atoms with van der Waals surface area (Å²) >= 11 is 0. The van der Waals surface area contributed by atoms with Gasteiger partial charge in [-0.1, -0.05) is 18.2 Å². The number of para-hydroxylation sites is 1. The van der Waals surface area contributed by atoms with E-state index in [0.29, 0.717) is 32.1 Å². The third kappa shape index (κ3) is 4.37. The van der Waals surface area contributed by atoms with E-state index in [1.807, 2.05) is 18.2 Å². The zero-order valence-corrected chi connectivity index (χ0v) is 14.5. The molecule has 0 aliphatic carbocycles. The molecule has 1 aromatic carbocycles. The molecule has 1 aromatic heterocycles. The number of benzene rings is 1. The number of esters is 1. The minimum Gasteiger partial charge on any atom is -0.449 e. The fourth-order valence-corrected chi connectivity index (χ4v) is 2.54. The van der Waals surface area contributed by atoms with Crippen LogP contribution in [0.3, 0.4) is 0 Å². The summed E-state index contributed by atoms with van der Waals surface area (Å²) in [4.78, 5) is 30.6. The lowest BCUT2D eigenvalue weighted by Crippen LogP contribution is -2.46. The molecule has 26 heavy (non-hydrogen) atoms. The maximum absolute atomic E-state index is 12.5. The second-order valence-corrected chi connectivity index (χ2v) is 5.76. The molecule has 1 unspecified atom stereocenters. The first-order valence-corrected chi connectivity index (χ1v) is 8.40. The lowest BCUT2D eigenvalue weighted by atomic mass is 10.2. The largest absolute Gasteiger partial charge is 0.449 e. The predicted molar refractivity (Wildman–Crippen MR) is 93.0 cm³/mol. The van der Waals surface area contributed by atoms with Gasteiger partial charge in [0.05, 0.1) is 13.2 Å². The summed E-state index contributed by atoms with van der Waals surface area (Å²) in [6.07, 6.45) is 0.627. The van der Waals surface area contributed by atoms with E-state index in [9.17, 15) is 9.59 Å². The number of hydrogen-bond acceptors (Lipinski definition) is 6. The highest BCUT2D eigenvalue weighted by Crippen LogP contribution is 2.23. The molecular weight excluding hydrogens is 336 g/mol. The van der Waals surface area contributed by atoms with Crippen molar-refractivity contribution in [3.05, 3.63) is 54.2 Å². The molecule has 3 rings (SSSR count). The molecule has 2 heterocycles. The number of carbonyl (C=O) groups excluding carboxylic acids is 2. The molecule has 7 heteroatoms. The Kier molecular flexibility index (Phi) is 5.80. The molecule has 1 aliphatic rings. The number of nitrogens with zero attached hydrogens (tertiary/aromatic N) is 2. The zero-order valence-electron chi connectivity index (χ0n) is 14.5. The van der Waals surface area contributed by atoms with Crippen molar-refractivity contribution in [3.63, 3.8) is 0 Å². The Balaban J connectivity index is 1.68. The zero-order chi connectivity index (χ0) is 18.4. The Morgan fingerprint density at radius 3 is 2.58 bits per heavy atom. The first-order valence-electron chi connectivity index (χ1n) is 8.40. The molecule has 0 N–H and O–H groups in total. The van der Waals surface area contributed by atoms with Crippen molar-refractivity contribution in [2.75, 3.05) is 26.3 Å². The van der Waals surface area contributed by atoms with Gasteiger partial charge >= 0.3 is 5.97 Å². The average Bonchev–Trinajstić information content (AvgIpc) is 2.69. The van der Waals surface area contributed by atoms with Crippen LogP contribution in [0.1, 0.15) is 17.3 Å². The van der Waals surface area contributed by atoms with Gasteiger partial charge in [-0.15, -0.1) is 0 Å². The van der Waals surface area contributed by atoms with E-state index < -0.39 is 12.1 Å². The lowest BCUT2D eigenvalue weighted by Gasteiger charge is -2.29. The van der Waals surface area contributed by atoms with Crippen molar-refractivity contribution in [2.24, 2.45) is 0 Å². The highest BCUT2D eigenvalue weighted by molar-refractivity contribution is 5.94. The van der Waals surface area contributed by atoms with Crippen LogP contribution in [0.4, 0.5) is 0 Å². The Hall–Kier alpha value is -2.93. The third-order valence-corrected chi connectivity index (χ3v) is 3.90. The molecule has 0 spiro atoms. The van der Waals surface area contributed by atoms with E-state index in [1.54, 1.807) is 36.1 Å². The van der Waals surface area contributed by atoms with Crippen LogP contribution in [0.2, 0.25) is 0 Å². The van der Waals surface area contributed by atoms with Crippen molar-refractivity contribution < 1.29 is 23.8 Å². The topological polar surface area (TPSA) is 78.0 Å². The molecule has 7 nitrogen and oxygen atoms in total. The van der Waals surface area contributed by atoms with Crippen molar-refractivity contribution in [1.82, 2.24) is 9.88 Å². The fraction of sp³-hybridized carbons (Fsp3) is 0.316. The predicted octanol–water partition coefficient (Wildman–Crippen LogP) is 2.28. The molecule has 1 saturated heterocycles. The molecule has 1 atom stereocenters. The van der Waals surface area contributed by atoms with Crippen LogP contribution < -0.4 is 4.74 Å². The first kappa shape index (κ1) is 17.9. The van der Waals surface area contributed by atoms with E-state index in [4.69, 9.17) is 14.2 Å².